The van der Waals surface area contributed by atoms with Crippen molar-refractivity contribution < 1.29 is 13.5 Å². The monoisotopic (exact) mass is 192 g/mol. The molecule has 0 atom stereocenters. The third-order valence-electron chi connectivity index (χ3n) is 2.66. The smallest absolute Gasteiger partial charge is 0.320 e. The summed E-state index contributed by atoms with van der Waals surface area (Å²) >= 11 is 0. The number of hydrogen-bond donors (Lipinski definition) is 0. The van der Waals surface area contributed by atoms with Crippen molar-refractivity contribution in [2.45, 2.75) is 45.6 Å². The fraction of sp³-hybridized carbons (Fsp3) is 1.00. The highest BCUT2D eigenvalue weighted by Crippen LogP contribution is 2.30. The van der Waals surface area contributed by atoms with Gasteiger partial charge in [0.25, 0.3) is 0 Å². The average molecular weight is 192 g/mol. The molecule has 1 nitrogen and oxygen atoms in total. The first-order valence-electron chi connectivity index (χ1n) is 5.04. The van der Waals surface area contributed by atoms with Gasteiger partial charge in [0, 0.05) is 5.92 Å². The highest BCUT2D eigenvalue weighted by atomic mass is 19.3. The van der Waals surface area contributed by atoms with Gasteiger partial charge < -0.3 is 4.74 Å². The molecular weight excluding hydrogens is 174 g/mol. The standard InChI is InChI=1S/C10H18F2O/c1-8(2)10(11,12)13-7-9-5-3-4-6-9/h8-9H,3-7H2,1-2H3. The second-order valence-electron chi connectivity index (χ2n) is 4.18. The maximum absolute atomic E-state index is 13.0. The SMILES string of the molecule is CC(C)C(F)(F)OCC1CCCC1. The highest BCUT2D eigenvalue weighted by Gasteiger charge is 2.35. The molecule has 0 aromatic heterocycles. The van der Waals surface area contributed by atoms with Gasteiger partial charge in [0.05, 0.1) is 6.61 Å². The molecule has 0 heterocycles. The van der Waals surface area contributed by atoms with Crippen LogP contribution in [-0.2, 0) is 4.74 Å². The van der Waals surface area contributed by atoms with Crippen molar-refractivity contribution in [3.8, 4) is 0 Å². The summed E-state index contributed by atoms with van der Waals surface area (Å²) in [7, 11) is 0. The lowest BCUT2D eigenvalue weighted by Crippen LogP contribution is -2.29. The summed E-state index contributed by atoms with van der Waals surface area (Å²) in [6, 6.07) is 0. The van der Waals surface area contributed by atoms with E-state index in [9.17, 15) is 8.78 Å². The Morgan fingerprint density at radius 2 is 1.85 bits per heavy atom. The summed E-state index contributed by atoms with van der Waals surface area (Å²) in [6.45, 7) is 3.19. The molecule has 0 unspecified atom stereocenters. The number of rotatable bonds is 4. The van der Waals surface area contributed by atoms with E-state index < -0.39 is 12.0 Å². The molecule has 0 amide bonds. The molecule has 13 heavy (non-hydrogen) atoms. The van der Waals surface area contributed by atoms with Crippen LogP contribution < -0.4 is 0 Å². The second kappa shape index (κ2) is 4.36. The summed E-state index contributed by atoms with van der Waals surface area (Å²) in [5.74, 6) is -0.362. The van der Waals surface area contributed by atoms with Gasteiger partial charge in [0.2, 0.25) is 0 Å². The lowest BCUT2D eigenvalue weighted by Gasteiger charge is -2.22. The zero-order chi connectivity index (χ0) is 9.90. The molecule has 1 aliphatic carbocycles. The van der Waals surface area contributed by atoms with Gasteiger partial charge in [-0.1, -0.05) is 26.7 Å². The van der Waals surface area contributed by atoms with Crippen molar-refractivity contribution in [2.75, 3.05) is 6.61 Å². The van der Waals surface area contributed by atoms with E-state index in [-0.39, 0.29) is 6.61 Å². The molecule has 1 fully saturated rings. The molecule has 78 valence electrons. The molecule has 0 spiro atoms. The summed E-state index contributed by atoms with van der Waals surface area (Å²) in [6.07, 6.45) is 1.49. The molecule has 0 aromatic carbocycles. The molecule has 1 aliphatic rings. The molecular formula is C10H18F2O. The van der Waals surface area contributed by atoms with Crippen molar-refractivity contribution >= 4 is 0 Å². The van der Waals surface area contributed by atoms with Crippen molar-refractivity contribution in [3.63, 3.8) is 0 Å². The van der Waals surface area contributed by atoms with E-state index >= 15 is 0 Å². The predicted molar refractivity (Wildman–Crippen MR) is 47.7 cm³/mol. The zero-order valence-corrected chi connectivity index (χ0v) is 8.35. The minimum atomic E-state index is -2.94. The Kier molecular flexibility index (Phi) is 3.65. The van der Waals surface area contributed by atoms with Crippen molar-refractivity contribution in [1.82, 2.24) is 0 Å². The Morgan fingerprint density at radius 1 is 1.31 bits per heavy atom. The molecule has 1 saturated carbocycles. The van der Waals surface area contributed by atoms with Crippen LogP contribution in [0.2, 0.25) is 0 Å². The fourth-order valence-corrected chi connectivity index (χ4v) is 1.57. The van der Waals surface area contributed by atoms with E-state index in [2.05, 4.69) is 4.74 Å². The van der Waals surface area contributed by atoms with Gasteiger partial charge >= 0.3 is 6.11 Å². The Hall–Kier alpha value is -0.180. The Balaban J connectivity index is 2.24. The predicted octanol–water partition coefficient (Wildman–Crippen LogP) is 3.44. The van der Waals surface area contributed by atoms with E-state index in [0.717, 1.165) is 12.8 Å². The average Bonchev–Trinajstić information content (AvgIpc) is 2.52. The number of halogens is 2. The number of hydrogen-bond acceptors (Lipinski definition) is 1. The molecule has 0 aliphatic heterocycles. The summed E-state index contributed by atoms with van der Waals surface area (Å²) < 4.78 is 30.6. The normalized spacial score (nSPS) is 20.1. The highest BCUT2D eigenvalue weighted by molar-refractivity contribution is 4.68. The van der Waals surface area contributed by atoms with E-state index in [4.69, 9.17) is 0 Å². The first-order valence-corrected chi connectivity index (χ1v) is 5.04. The Bertz CT molecular complexity index is 151. The van der Waals surface area contributed by atoms with Crippen LogP contribution in [0.5, 0.6) is 0 Å². The molecule has 0 N–H and O–H groups in total. The first-order chi connectivity index (χ1) is 6.02. The minimum Gasteiger partial charge on any atom is -0.320 e. The van der Waals surface area contributed by atoms with Crippen LogP contribution in [0.3, 0.4) is 0 Å². The molecule has 0 aromatic rings. The molecule has 0 bridgehead atoms. The van der Waals surface area contributed by atoms with Crippen molar-refractivity contribution in [1.29, 1.82) is 0 Å². The first kappa shape index (κ1) is 10.9. The van der Waals surface area contributed by atoms with Gasteiger partial charge in [-0.3, -0.25) is 0 Å². The van der Waals surface area contributed by atoms with Gasteiger partial charge in [-0.15, -0.1) is 0 Å². The maximum atomic E-state index is 13.0. The van der Waals surface area contributed by atoms with Crippen LogP contribution >= 0.6 is 0 Å². The zero-order valence-electron chi connectivity index (χ0n) is 8.35. The quantitative estimate of drug-likeness (QED) is 0.663. The molecule has 1 rings (SSSR count). The molecule has 0 radical (unpaired) electrons. The third-order valence-corrected chi connectivity index (χ3v) is 2.66. The van der Waals surface area contributed by atoms with E-state index in [1.165, 1.54) is 26.7 Å². The summed E-state index contributed by atoms with van der Waals surface area (Å²) in [5.41, 5.74) is 0. The fourth-order valence-electron chi connectivity index (χ4n) is 1.57. The Morgan fingerprint density at radius 3 is 2.31 bits per heavy atom. The van der Waals surface area contributed by atoms with Gasteiger partial charge in [0.15, 0.2) is 0 Å². The summed E-state index contributed by atoms with van der Waals surface area (Å²) in [5, 5.41) is 0. The lowest BCUT2D eigenvalue weighted by atomic mass is 10.1. The number of ether oxygens (including phenoxy) is 1. The second-order valence-corrected chi connectivity index (χ2v) is 4.18. The van der Waals surface area contributed by atoms with Gasteiger partial charge in [-0.05, 0) is 18.8 Å². The lowest BCUT2D eigenvalue weighted by molar-refractivity contribution is -0.269. The van der Waals surface area contributed by atoms with E-state index in [0.29, 0.717) is 5.92 Å². The van der Waals surface area contributed by atoms with Crippen LogP contribution in [0.15, 0.2) is 0 Å². The van der Waals surface area contributed by atoms with Crippen LogP contribution in [0, 0.1) is 11.8 Å². The van der Waals surface area contributed by atoms with E-state index in [1.54, 1.807) is 0 Å². The summed E-state index contributed by atoms with van der Waals surface area (Å²) in [4.78, 5) is 0. The van der Waals surface area contributed by atoms with Crippen LogP contribution in [0.1, 0.15) is 39.5 Å². The maximum Gasteiger partial charge on any atom is 0.357 e. The Labute approximate surface area is 78.5 Å². The molecule has 3 heteroatoms. The van der Waals surface area contributed by atoms with Gasteiger partial charge in [-0.2, -0.15) is 8.78 Å². The van der Waals surface area contributed by atoms with Crippen LogP contribution in [0.25, 0.3) is 0 Å². The third kappa shape index (κ3) is 3.22. The topological polar surface area (TPSA) is 9.23 Å². The largest absolute Gasteiger partial charge is 0.357 e. The number of alkyl halides is 2. The van der Waals surface area contributed by atoms with Crippen LogP contribution in [-0.4, -0.2) is 12.7 Å². The van der Waals surface area contributed by atoms with E-state index in [1.807, 2.05) is 0 Å². The van der Waals surface area contributed by atoms with Gasteiger partial charge in [-0.25, -0.2) is 0 Å². The van der Waals surface area contributed by atoms with Crippen LogP contribution in [0.4, 0.5) is 8.78 Å². The van der Waals surface area contributed by atoms with Gasteiger partial charge in [0.1, 0.15) is 0 Å². The van der Waals surface area contributed by atoms with Crippen molar-refractivity contribution in [3.05, 3.63) is 0 Å². The minimum absolute atomic E-state index is 0.227. The van der Waals surface area contributed by atoms with Crippen molar-refractivity contribution in [2.24, 2.45) is 11.8 Å². The molecule has 0 saturated heterocycles.